The highest BCUT2D eigenvalue weighted by molar-refractivity contribution is 6.74. The number of hydrogen-bond acceptors (Lipinski definition) is 3. The van der Waals surface area contributed by atoms with E-state index >= 15 is 0 Å². The molecule has 0 heterocycles. The molecule has 0 spiro atoms. The van der Waals surface area contributed by atoms with Crippen molar-refractivity contribution in [3.8, 4) is 11.5 Å². The van der Waals surface area contributed by atoms with E-state index in [0.29, 0.717) is 5.92 Å². The molecular formula is C27H42O3Si. The van der Waals surface area contributed by atoms with E-state index in [1.54, 1.807) is 19.8 Å². The summed E-state index contributed by atoms with van der Waals surface area (Å²) in [6.45, 7) is 16.4. The normalized spacial score (nSPS) is 26.0. The highest BCUT2D eigenvalue weighted by Crippen LogP contribution is 2.53. The Hall–Kier alpha value is -1.52. The molecule has 0 bridgehead atoms. The summed E-state index contributed by atoms with van der Waals surface area (Å²) in [6.07, 6.45) is 10.6. The molecule has 0 N–H and O–H groups in total. The van der Waals surface area contributed by atoms with E-state index in [1.165, 1.54) is 24.8 Å². The van der Waals surface area contributed by atoms with Gasteiger partial charge in [0.05, 0.1) is 20.3 Å². The highest BCUT2D eigenvalue weighted by atomic mass is 28.4. The minimum Gasteiger partial charge on any atom is -0.497 e. The van der Waals surface area contributed by atoms with Crippen LogP contribution in [0.1, 0.15) is 65.4 Å². The van der Waals surface area contributed by atoms with E-state index in [9.17, 15) is 0 Å². The van der Waals surface area contributed by atoms with Crippen LogP contribution in [0.3, 0.4) is 0 Å². The molecule has 0 radical (unpaired) electrons. The highest BCUT2D eigenvalue weighted by Gasteiger charge is 2.46. The van der Waals surface area contributed by atoms with Gasteiger partial charge in [0.2, 0.25) is 0 Å². The molecule has 1 aromatic carbocycles. The zero-order chi connectivity index (χ0) is 23.0. The summed E-state index contributed by atoms with van der Waals surface area (Å²) in [5, 5.41) is 0.151. The van der Waals surface area contributed by atoms with Crippen LogP contribution in [0.5, 0.6) is 11.5 Å². The van der Waals surface area contributed by atoms with Crippen LogP contribution >= 0.6 is 0 Å². The average Bonchev–Trinajstić information content (AvgIpc) is 2.86. The Morgan fingerprint density at radius 1 is 1.06 bits per heavy atom. The first kappa shape index (κ1) is 24.1. The Morgan fingerprint density at radius 2 is 1.77 bits per heavy atom. The second-order valence-corrected chi connectivity index (χ2v) is 16.1. The number of rotatable bonds is 5. The van der Waals surface area contributed by atoms with Gasteiger partial charge in [-0.25, -0.2) is 0 Å². The fourth-order valence-electron chi connectivity index (χ4n) is 5.03. The van der Waals surface area contributed by atoms with Crippen LogP contribution in [0.4, 0.5) is 0 Å². The summed E-state index contributed by atoms with van der Waals surface area (Å²) in [4.78, 5) is 0. The molecule has 1 saturated carbocycles. The lowest BCUT2D eigenvalue weighted by molar-refractivity contribution is 0.145. The molecule has 0 saturated heterocycles. The minimum absolute atomic E-state index is 0.00884. The van der Waals surface area contributed by atoms with E-state index < -0.39 is 8.32 Å². The SMILES string of the molecule is COc1ccc(OC)c([C@H]2[C@@H](O[Si](C)(C)C(C)(C)C)C=CC=C3[C@@H]2CCCC3(C)C)c1. The molecule has 3 atom stereocenters. The monoisotopic (exact) mass is 442 g/mol. The Bertz CT molecular complexity index is 845. The van der Waals surface area contributed by atoms with Crippen molar-refractivity contribution in [2.24, 2.45) is 11.3 Å². The van der Waals surface area contributed by atoms with Crippen LogP contribution in [0, 0.1) is 11.3 Å². The van der Waals surface area contributed by atoms with Gasteiger partial charge in [-0.15, -0.1) is 0 Å². The van der Waals surface area contributed by atoms with Crippen LogP contribution in [-0.2, 0) is 4.43 Å². The van der Waals surface area contributed by atoms with Gasteiger partial charge in [0, 0.05) is 11.5 Å². The Morgan fingerprint density at radius 3 is 2.39 bits per heavy atom. The lowest BCUT2D eigenvalue weighted by Crippen LogP contribution is -2.46. The summed E-state index contributed by atoms with van der Waals surface area (Å²) in [5.74, 6) is 2.42. The number of benzene rings is 1. The molecule has 3 nitrogen and oxygen atoms in total. The maximum Gasteiger partial charge on any atom is 0.192 e. The minimum atomic E-state index is -1.98. The van der Waals surface area contributed by atoms with Crippen molar-refractivity contribution in [3.63, 3.8) is 0 Å². The first-order valence-corrected chi connectivity index (χ1v) is 14.6. The van der Waals surface area contributed by atoms with E-state index in [0.717, 1.165) is 11.5 Å². The van der Waals surface area contributed by atoms with Crippen molar-refractivity contribution in [2.75, 3.05) is 14.2 Å². The van der Waals surface area contributed by atoms with Crippen molar-refractivity contribution < 1.29 is 13.9 Å². The molecule has 1 aromatic rings. The van der Waals surface area contributed by atoms with E-state index in [2.05, 4.69) is 72.0 Å². The van der Waals surface area contributed by atoms with Crippen molar-refractivity contribution in [3.05, 3.63) is 47.6 Å². The average molecular weight is 443 g/mol. The fraction of sp³-hybridized carbons (Fsp3) is 0.630. The van der Waals surface area contributed by atoms with Gasteiger partial charge in [0.15, 0.2) is 8.32 Å². The van der Waals surface area contributed by atoms with Crippen LogP contribution in [0.15, 0.2) is 42.0 Å². The second kappa shape index (κ2) is 8.78. The van der Waals surface area contributed by atoms with E-state index in [4.69, 9.17) is 13.9 Å². The Kier molecular flexibility index (Phi) is 6.84. The number of allylic oxidation sites excluding steroid dienone is 3. The first-order valence-electron chi connectivity index (χ1n) is 11.7. The third-order valence-electron chi connectivity index (χ3n) is 7.89. The van der Waals surface area contributed by atoms with Gasteiger partial charge >= 0.3 is 0 Å². The van der Waals surface area contributed by atoms with Crippen molar-refractivity contribution >= 4 is 8.32 Å². The molecule has 2 aliphatic carbocycles. The summed E-state index contributed by atoms with van der Waals surface area (Å²) in [7, 11) is 1.52. The predicted molar refractivity (Wildman–Crippen MR) is 133 cm³/mol. The van der Waals surface area contributed by atoms with Crippen molar-refractivity contribution in [2.45, 2.75) is 84.0 Å². The third kappa shape index (κ3) is 4.80. The van der Waals surface area contributed by atoms with Gasteiger partial charge in [-0.3, -0.25) is 0 Å². The van der Waals surface area contributed by atoms with E-state index in [-0.39, 0.29) is 22.5 Å². The Balaban J connectivity index is 2.16. The molecule has 4 heteroatoms. The molecule has 0 amide bonds. The quantitative estimate of drug-likeness (QED) is 0.442. The van der Waals surface area contributed by atoms with Crippen LogP contribution in [0.2, 0.25) is 18.1 Å². The fourth-order valence-corrected chi connectivity index (χ4v) is 6.29. The Labute approximate surface area is 191 Å². The molecule has 2 aliphatic rings. The molecule has 0 aromatic heterocycles. The predicted octanol–water partition coefficient (Wildman–Crippen LogP) is 7.50. The van der Waals surface area contributed by atoms with Gasteiger partial charge in [0.1, 0.15) is 11.5 Å². The topological polar surface area (TPSA) is 27.7 Å². The van der Waals surface area contributed by atoms with Gasteiger partial charge in [0.25, 0.3) is 0 Å². The first-order chi connectivity index (χ1) is 14.4. The third-order valence-corrected chi connectivity index (χ3v) is 12.4. The molecule has 1 fully saturated rings. The standard InChI is InChI=1S/C27H42O3Si/c1-26(2,3)31(8,9)30-24-14-10-13-22-20(12-11-17-27(22,4)5)25(24)21-18-19(28-6)15-16-23(21)29-7/h10,13-16,18,20,24-25H,11-12,17H2,1-9H3/t20-,24-,25-/m0/s1. The smallest absolute Gasteiger partial charge is 0.192 e. The summed E-state index contributed by atoms with van der Waals surface area (Å²) >= 11 is 0. The van der Waals surface area contributed by atoms with Crippen LogP contribution < -0.4 is 9.47 Å². The number of ether oxygens (including phenoxy) is 2. The summed E-state index contributed by atoms with van der Waals surface area (Å²) in [6, 6.07) is 6.20. The maximum absolute atomic E-state index is 7.10. The zero-order valence-electron chi connectivity index (χ0n) is 21.0. The van der Waals surface area contributed by atoms with Gasteiger partial charge < -0.3 is 13.9 Å². The number of fused-ring (bicyclic) bond motifs is 1. The maximum atomic E-state index is 7.10. The number of hydrogen-bond donors (Lipinski definition) is 0. The summed E-state index contributed by atoms with van der Waals surface area (Å²) < 4.78 is 18.6. The molecule has 172 valence electrons. The zero-order valence-corrected chi connectivity index (χ0v) is 22.0. The summed E-state index contributed by atoms with van der Waals surface area (Å²) in [5.41, 5.74) is 2.95. The lowest BCUT2D eigenvalue weighted by atomic mass is 9.62. The van der Waals surface area contributed by atoms with Crippen LogP contribution in [0.25, 0.3) is 0 Å². The van der Waals surface area contributed by atoms with E-state index in [1.807, 2.05) is 12.1 Å². The second-order valence-electron chi connectivity index (χ2n) is 11.4. The van der Waals surface area contributed by atoms with Crippen LogP contribution in [-0.4, -0.2) is 28.6 Å². The van der Waals surface area contributed by atoms with Gasteiger partial charge in [-0.1, -0.05) is 64.8 Å². The largest absolute Gasteiger partial charge is 0.497 e. The van der Waals surface area contributed by atoms with Crippen molar-refractivity contribution in [1.82, 2.24) is 0 Å². The number of methoxy groups -OCH3 is 2. The molecular weight excluding hydrogens is 400 g/mol. The molecule has 0 aliphatic heterocycles. The molecule has 3 rings (SSSR count). The van der Waals surface area contributed by atoms with Crippen molar-refractivity contribution in [1.29, 1.82) is 0 Å². The molecule has 31 heavy (non-hydrogen) atoms. The molecule has 0 unspecified atom stereocenters. The van der Waals surface area contributed by atoms with Gasteiger partial charge in [-0.05, 0) is 60.5 Å². The van der Waals surface area contributed by atoms with Gasteiger partial charge in [-0.2, -0.15) is 0 Å². The lowest BCUT2D eigenvalue weighted by Gasteiger charge is -2.46.